The van der Waals surface area contributed by atoms with E-state index in [0.29, 0.717) is 32.1 Å². The number of carbonyl (C=O) groups excluding carboxylic acids is 5. The fourth-order valence-electron chi connectivity index (χ4n) is 5.48. The summed E-state index contributed by atoms with van der Waals surface area (Å²) < 4.78 is 38.8. The minimum atomic E-state index is -0.576. The Hall–Kier alpha value is -2.73. The molecule has 0 amide bonds. The van der Waals surface area contributed by atoms with Crippen molar-refractivity contribution in [2.45, 2.75) is 125 Å². The number of rotatable bonds is 22. The summed E-state index contributed by atoms with van der Waals surface area (Å²) in [6.45, 7) is 14.8. The van der Waals surface area contributed by atoms with Crippen LogP contribution in [0.1, 0.15) is 94.4 Å². The monoisotopic (exact) mass is 632 g/mol. The van der Waals surface area contributed by atoms with Gasteiger partial charge in [-0.2, -0.15) is 0 Å². The number of hydrogen-bond donors (Lipinski definition) is 0. The normalized spacial score (nSPS) is 17.4. The molecule has 0 aliphatic heterocycles. The second-order valence-corrected chi connectivity index (χ2v) is 11.7. The molecular formula is C32H56O12. The second-order valence-electron chi connectivity index (χ2n) is 11.7. The van der Waals surface area contributed by atoms with Crippen molar-refractivity contribution in [1.82, 2.24) is 0 Å². The summed E-state index contributed by atoms with van der Waals surface area (Å²) in [5, 5.41) is 0. The van der Waals surface area contributed by atoms with E-state index in [-0.39, 0.29) is 61.0 Å². The maximum absolute atomic E-state index is 12.1. The number of hydrogen-bond acceptors (Lipinski definition) is 12. The maximum Gasteiger partial charge on any atom is 0.302 e. The standard InChI is InChI=1S/C32H56O12/c1-19(30(39-11)18-31(43-26(8)36)21(3)28(38-10)15-17-41-24(6)34)12-13-29(42-25(7)35)22(4)32(44-27(9)37)20(2)14-16-40-23(5)33/h19-22,28-32H,12-18H2,1-11H3/t19-,20-,21-,22+,28+,29-,30+,31+,32-/m1/s1. The van der Waals surface area contributed by atoms with E-state index in [1.54, 1.807) is 14.2 Å². The Balaban J connectivity index is 5.73. The van der Waals surface area contributed by atoms with E-state index in [1.165, 1.54) is 34.6 Å². The van der Waals surface area contributed by atoms with Gasteiger partial charge in [-0.15, -0.1) is 0 Å². The highest BCUT2D eigenvalue weighted by molar-refractivity contribution is 5.67. The summed E-state index contributed by atoms with van der Waals surface area (Å²) in [7, 11) is 3.16. The molecular weight excluding hydrogens is 576 g/mol. The van der Waals surface area contributed by atoms with Crippen LogP contribution in [-0.4, -0.2) is 87.8 Å². The lowest BCUT2D eigenvalue weighted by Crippen LogP contribution is -2.41. The van der Waals surface area contributed by atoms with E-state index in [9.17, 15) is 24.0 Å². The predicted octanol–water partition coefficient (Wildman–Crippen LogP) is 4.43. The average Bonchev–Trinajstić information content (AvgIpc) is 2.92. The molecule has 0 fully saturated rings. The molecule has 0 N–H and O–H groups in total. The van der Waals surface area contributed by atoms with Gasteiger partial charge in [0.15, 0.2) is 0 Å². The Morgan fingerprint density at radius 1 is 0.477 bits per heavy atom. The van der Waals surface area contributed by atoms with Gasteiger partial charge in [-0.1, -0.05) is 27.7 Å². The lowest BCUT2D eigenvalue weighted by Gasteiger charge is -2.35. The lowest BCUT2D eigenvalue weighted by molar-refractivity contribution is -0.163. The van der Waals surface area contributed by atoms with E-state index in [2.05, 4.69) is 0 Å². The first kappa shape index (κ1) is 41.3. The zero-order chi connectivity index (χ0) is 34.0. The lowest BCUT2D eigenvalue weighted by atomic mass is 9.83. The molecule has 12 heteroatoms. The van der Waals surface area contributed by atoms with E-state index in [0.717, 1.165) is 0 Å². The van der Waals surface area contributed by atoms with Crippen LogP contribution in [0.2, 0.25) is 0 Å². The van der Waals surface area contributed by atoms with Crippen molar-refractivity contribution in [3.63, 3.8) is 0 Å². The van der Waals surface area contributed by atoms with Gasteiger partial charge in [-0.05, 0) is 31.1 Å². The summed E-state index contributed by atoms with van der Waals surface area (Å²) in [5.74, 6) is -2.89. The number of esters is 5. The highest BCUT2D eigenvalue weighted by Gasteiger charge is 2.36. The minimum absolute atomic E-state index is 0.0360. The Morgan fingerprint density at radius 2 is 0.955 bits per heavy atom. The predicted molar refractivity (Wildman–Crippen MR) is 161 cm³/mol. The fourth-order valence-corrected chi connectivity index (χ4v) is 5.48. The first-order valence-corrected chi connectivity index (χ1v) is 15.4. The molecule has 0 aromatic carbocycles. The van der Waals surface area contributed by atoms with Crippen LogP contribution in [0.3, 0.4) is 0 Å². The van der Waals surface area contributed by atoms with Gasteiger partial charge >= 0.3 is 29.8 Å². The summed E-state index contributed by atoms with van der Waals surface area (Å²) in [4.78, 5) is 58.5. The van der Waals surface area contributed by atoms with Crippen LogP contribution >= 0.6 is 0 Å². The maximum atomic E-state index is 12.1. The van der Waals surface area contributed by atoms with Crippen LogP contribution < -0.4 is 0 Å². The van der Waals surface area contributed by atoms with Crippen LogP contribution in [-0.2, 0) is 57.1 Å². The van der Waals surface area contributed by atoms with Gasteiger partial charge < -0.3 is 33.2 Å². The van der Waals surface area contributed by atoms with Crippen LogP contribution in [0.5, 0.6) is 0 Å². The molecule has 0 spiro atoms. The molecule has 0 heterocycles. The summed E-state index contributed by atoms with van der Waals surface area (Å²) in [6.07, 6.45) is 0.0464. The van der Waals surface area contributed by atoms with E-state index in [1.807, 2.05) is 27.7 Å². The van der Waals surface area contributed by atoms with Gasteiger partial charge in [0.2, 0.25) is 0 Å². The fraction of sp³-hybridized carbons (Fsp3) is 0.844. The van der Waals surface area contributed by atoms with Gasteiger partial charge in [0.05, 0.1) is 25.4 Å². The summed E-state index contributed by atoms with van der Waals surface area (Å²) in [6, 6.07) is 0. The highest BCUT2D eigenvalue weighted by Crippen LogP contribution is 2.31. The number of ether oxygens (including phenoxy) is 7. The van der Waals surface area contributed by atoms with Crippen LogP contribution in [0.4, 0.5) is 0 Å². The van der Waals surface area contributed by atoms with E-state index in [4.69, 9.17) is 33.2 Å². The third-order valence-electron chi connectivity index (χ3n) is 7.97. The third kappa shape index (κ3) is 16.9. The molecule has 0 saturated carbocycles. The van der Waals surface area contributed by atoms with Crippen molar-refractivity contribution in [1.29, 1.82) is 0 Å². The molecule has 0 unspecified atom stereocenters. The van der Waals surface area contributed by atoms with Gasteiger partial charge in [-0.25, -0.2) is 0 Å². The van der Waals surface area contributed by atoms with Crippen LogP contribution in [0, 0.1) is 23.7 Å². The molecule has 9 atom stereocenters. The molecule has 0 aromatic rings. The quantitative estimate of drug-likeness (QED) is 0.123. The van der Waals surface area contributed by atoms with Gasteiger partial charge in [0.25, 0.3) is 0 Å². The molecule has 12 nitrogen and oxygen atoms in total. The van der Waals surface area contributed by atoms with Crippen molar-refractivity contribution >= 4 is 29.8 Å². The van der Waals surface area contributed by atoms with Crippen molar-refractivity contribution in [2.75, 3.05) is 27.4 Å². The van der Waals surface area contributed by atoms with E-state index >= 15 is 0 Å². The molecule has 256 valence electrons. The van der Waals surface area contributed by atoms with Crippen molar-refractivity contribution < 1.29 is 57.1 Å². The Bertz CT molecular complexity index is 890. The van der Waals surface area contributed by atoms with Gasteiger partial charge in [0.1, 0.15) is 18.3 Å². The third-order valence-corrected chi connectivity index (χ3v) is 7.97. The molecule has 0 aliphatic rings. The molecule has 0 bridgehead atoms. The first-order chi connectivity index (χ1) is 20.5. The van der Waals surface area contributed by atoms with Crippen LogP contribution in [0.25, 0.3) is 0 Å². The van der Waals surface area contributed by atoms with Gasteiger partial charge in [-0.3, -0.25) is 24.0 Å². The Morgan fingerprint density at radius 3 is 1.41 bits per heavy atom. The molecule has 0 rings (SSSR count). The molecule has 0 radical (unpaired) electrons. The zero-order valence-electron chi connectivity index (χ0n) is 28.5. The van der Waals surface area contributed by atoms with E-state index < -0.39 is 36.2 Å². The zero-order valence-corrected chi connectivity index (χ0v) is 28.5. The molecule has 0 saturated heterocycles. The van der Waals surface area contributed by atoms with Crippen molar-refractivity contribution in [3.8, 4) is 0 Å². The minimum Gasteiger partial charge on any atom is -0.466 e. The molecule has 0 aromatic heterocycles. The summed E-state index contributed by atoms with van der Waals surface area (Å²) in [5.41, 5.74) is 0. The summed E-state index contributed by atoms with van der Waals surface area (Å²) >= 11 is 0. The van der Waals surface area contributed by atoms with Crippen molar-refractivity contribution in [3.05, 3.63) is 0 Å². The van der Waals surface area contributed by atoms with Crippen LogP contribution in [0.15, 0.2) is 0 Å². The Kier molecular flexibility index (Phi) is 20.5. The SMILES string of the molecule is CO[C@@H](CCOC(C)=O)[C@@H](C)[C@H](C[C@H](OC)[C@H](C)CC[C@@H](OC(C)=O)[C@H](C)[C@H](OC(C)=O)[C@H](C)CCOC(C)=O)OC(C)=O. The second kappa shape index (κ2) is 21.9. The average molecular weight is 633 g/mol. The van der Waals surface area contributed by atoms with Gasteiger partial charge in [0, 0.05) is 73.5 Å². The number of methoxy groups -OCH3 is 2. The van der Waals surface area contributed by atoms with Crippen molar-refractivity contribution in [2.24, 2.45) is 23.7 Å². The highest BCUT2D eigenvalue weighted by atomic mass is 16.6. The number of carbonyl (C=O) groups is 5. The molecule has 0 aliphatic carbocycles. The Labute approximate surface area is 263 Å². The smallest absolute Gasteiger partial charge is 0.302 e. The molecule has 44 heavy (non-hydrogen) atoms. The largest absolute Gasteiger partial charge is 0.466 e. The first-order valence-electron chi connectivity index (χ1n) is 15.4. The topological polar surface area (TPSA) is 150 Å².